The molecule has 35 heavy (non-hydrogen) atoms. The van der Waals surface area contributed by atoms with Crippen LogP contribution in [0.2, 0.25) is 0 Å². The van der Waals surface area contributed by atoms with Crippen LogP contribution in [0.4, 0.5) is 5.82 Å². The van der Waals surface area contributed by atoms with Crippen molar-refractivity contribution in [1.29, 1.82) is 0 Å². The number of hydrogen-bond donors (Lipinski definition) is 2. The Balaban J connectivity index is 1.73. The highest BCUT2D eigenvalue weighted by molar-refractivity contribution is 5.97. The van der Waals surface area contributed by atoms with E-state index >= 15 is 0 Å². The number of nitrogens with one attached hydrogen (secondary N) is 1. The molecule has 0 aliphatic carbocycles. The molecule has 2 N–H and O–H groups in total. The van der Waals surface area contributed by atoms with Crippen LogP contribution in [0.25, 0.3) is 22.3 Å². The molecule has 1 amide bonds. The van der Waals surface area contributed by atoms with E-state index in [2.05, 4.69) is 4.90 Å². The van der Waals surface area contributed by atoms with Gasteiger partial charge in [-0.3, -0.25) is 10.0 Å². The van der Waals surface area contributed by atoms with Crippen molar-refractivity contribution >= 4 is 22.6 Å². The number of ether oxygens (including phenoxy) is 3. The molecule has 9 nitrogen and oxygen atoms in total. The van der Waals surface area contributed by atoms with Gasteiger partial charge in [0.15, 0.2) is 5.82 Å². The summed E-state index contributed by atoms with van der Waals surface area (Å²) < 4.78 is 17.1. The maximum atomic E-state index is 11.2. The van der Waals surface area contributed by atoms with Gasteiger partial charge < -0.3 is 19.1 Å². The van der Waals surface area contributed by atoms with E-state index in [0.717, 1.165) is 65.1 Å². The van der Waals surface area contributed by atoms with Gasteiger partial charge in [0.2, 0.25) is 5.91 Å². The SMILES string of the molecule is COc1cc(OC)c2c(N3CCCC3)nc(-c3cc(C)c(OCCCC(=O)NO)c(C)c3)nc2c1. The van der Waals surface area contributed by atoms with E-state index in [0.29, 0.717) is 30.4 Å². The number of amides is 1. The van der Waals surface area contributed by atoms with Gasteiger partial charge in [-0.15, -0.1) is 0 Å². The molecule has 2 heterocycles. The van der Waals surface area contributed by atoms with Gasteiger partial charge in [-0.1, -0.05) is 0 Å². The summed E-state index contributed by atoms with van der Waals surface area (Å²) in [7, 11) is 3.28. The van der Waals surface area contributed by atoms with E-state index in [1.165, 1.54) is 0 Å². The van der Waals surface area contributed by atoms with Crippen LogP contribution in [-0.2, 0) is 4.79 Å². The van der Waals surface area contributed by atoms with E-state index < -0.39 is 5.91 Å². The lowest BCUT2D eigenvalue weighted by atomic mass is 10.0. The number of carbonyl (C=O) groups is 1. The summed E-state index contributed by atoms with van der Waals surface area (Å²) in [5.41, 5.74) is 5.22. The largest absolute Gasteiger partial charge is 0.497 e. The molecule has 1 aliphatic heterocycles. The average molecular weight is 481 g/mol. The molecule has 1 aliphatic rings. The summed E-state index contributed by atoms with van der Waals surface area (Å²) in [6.45, 7) is 6.24. The second kappa shape index (κ2) is 10.8. The number of aromatic nitrogens is 2. The first-order valence-corrected chi connectivity index (χ1v) is 11.8. The summed E-state index contributed by atoms with van der Waals surface area (Å²) in [6.07, 6.45) is 2.96. The monoisotopic (exact) mass is 480 g/mol. The van der Waals surface area contributed by atoms with Crippen LogP contribution in [0.3, 0.4) is 0 Å². The van der Waals surface area contributed by atoms with Gasteiger partial charge in [-0.2, -0.15) is 0 Å². The zero-order valence-corrected chi connectivity index (χ0v) is 20.7. The van der Waals surface area contributed by atoms with Crippen LogP contribution in [0.15, 0.2) is 24.3 Å². The van der Waals surface area contributed by atoms with Crippen molar-refractivity contribution in [2.45, 2.75) is 39.5 Å². The first-order valence-electron chi connectivity index (χ1n) is 11.8. The third-order valence-electron chi connectivity index (χ3n) is 6.22. The smallest absolute Gasteiger partial charge is 0.243 e. The second-order valence-electron chi connectivity index (χ2n) is 8.71. The minimum Gasteiger partial charge on any atom is -0.497 e. The Hall–Kier alpha value is -3.59. The summed E-state index contributed by atoms with van der Waals surface area (Å²) >= 11 is 0. The lowest BCUT2D eigenvalue weighted by molar-refractivity contribution is -0.129. The molecule has 4 rings (SSSR count). The summed E-state index contributed by atoms with van der Waals surface area (Å²) in [5, 5.41) is 9.51. The Bertz CT molecular complexity index is 1200. The molecule has 0 atom stereocenters. The average Bonchev–Trinajstić information content (AvgIpc) is 3.40. The van der Waals surface area contributed by atoms with Crippen molar-refractivity contribution in [1.82, 2.24) is 15.4 Å². The van der Waals surface area contributed by atoms with Gasteiger partial charge >= 0.3 is 0 Å². The molecule has 0 unspecified atom stereocenters. The highest BCUT2D eigenvalue weighted by atomic mass is 16.5. The molecule has 1 saturated heterocycles. The van der Waals surface area contributed by atoms with Gasteiger partial charge in [0.25, 0.3) is 0 Å². The third-order valence-corrected chi connectivity index (χ3v) is 6.22. The van der Waals surface area contributed by atoms with Gasteiger partial charge in [0.05, 0.1) is 31.7 Å². The molecule has 0 bridgehead atoms. The van der Waals surface area contributed by atoms with Crippen LogP contribution in [-0.4, -0.2) is 55.0 Å². The third kappa shape index (κ3) is 5.24. The quantitative estimate of drug-likeness (QED) is 0.267. The number of hydrogen-bond acceptors (Lipinski definition) is 8. The number of hydroxylamine groups is 1. The van der Waals surface area contributed by atoms with Crippen molar-refractivity contribution < 1.29 is 24.2 Å². The lowest BCUT2D eigenvalue weighted by Crippen LogP contribution is -2.20. The van der Waals surface area contributed by atoms with Crippen molar-refractivity contribution in [2.24, 2.45) is 0 Å². The molecule has 1 aromatic heterocycles. The summed E-state index contributed by atoms with van der Waals surface area (Å²) in [4.78, 5) is 23.4. The molecular formula is C26H32N4O5. The fourth-order valence-corrected chi connectivity index (χ4v) is 4.52. The van der Waals surface area contributed by atoms with E-state index in [-0.39, 0.29) is 6.42 Å². The number of nitrogens with zero attached hydrogens (tertiary/aromatic N) is 3. The fourth-order valence-electron chi connectivity index (χ4n) is 4.52. The highest BCUT2D eigenvalue weighted by Crippen LogP contribution is 2.39. The van der Waals surface area contributed by atoms with Crippen LogP contribution in [0.1, 0.15) is 36.8 Å². The van der Waals surface area contributed by atoms with Gasteiger partial charge in [-0.25, -0.2) is 15.4 Å². The molecule has 0 saturated carbocycles. The Labute approximate surface area is 205 Å². The second-order valence-corrected chi connectivity index (χ2v) is 8.71. The van der Waals surface area contributed by atoms with Gasteiger partial charge in [0.1, 0.15) is 23.1 Å². The molecule has 9 heteroatoms. The first kappa shape index (κ1) is 24.5. The molecule has 2 aromatic carbocycles. The van der Waals surface area contributed by atoms with Crippen molar-refractivity contribution in [3.63, 3.8) is 0 Å². The minimum atomic E-state index is -0.423. The first-order chi connectivity index (χ1) is 16.9. The van der Waals surface area contributed by atoms with Crippen LogP contribution in [0.5, 0.6) is 17.2 Å². The topological polar surface area (TPSA) is 106 Å². The zero-order chi connectivity index (χ0) is 24.9. The predicted molar refractivity (Wildman–Crippen MR) is 134 cm³/mol. The molecule has 1 fully saturated rings. The Morgan fingerprint density at radius 2 is 1.77 bits per heavy atom. The maximum absolute atomic E-state index is 11.2. The Morgan fingerprint density at radius 1 is 1.06 bits per heavy atom. The number of anilines is 1. The maximum Gasteiger partial charge on any atom is 0.243 e. The molecular weight excluding hydrogens is 448 g/mol. The fraction of sp³-hybridized carbons (Fsp3) is 0.423. The van der Waals surface area contributed by atoms with Crippen molar-refractivity contribution in [2.75, 3.05) is 38.8 Å². The highest BCUT2D eigenvalue weighted by Gasteiger charge is 2.22. The molecule has 186 valence electrons. The van der Waals surface area contributed by atoms with E-state index in [4.69, 9.17) is 29.4 Å². The van der Waals surface area contributed by atoms with E-state index in [1.807, 2.05) is 38.1 Å². The normalized spacial score (nSPS) is 13.2. The van der Waals surface area contributed by atoms with E-state index in [1.54, 1.807) is 19.7 Å². The summed E-state index contributed by atoms with van der Waals surface area (Å²) in [6, 6.07) is 7.84. The summed E-state index contributed by atoms with van der Waals surface area (Å²) in [5.74, 6) is 3.23. The minimum absolute atomic E-state index is 0.198. The van der Waals surface area contributed by atoms with Gasteiger partial charge in [0, 0.05) is 37.2 Å². The number of methoxy groups -OCH3 is 2. The Morgan fingerprint density at radius 3 is 2.40 bits per heavy atom. The van der Waals surface area contributed by atoms with Crippen molar-refractivity contribution in [3.8, 4) is 28.6 Å². The van der Waals surface area contributed by atoms with Gasteiger partial charge in [-0.05, 0) is 56.4 Å². The number of benzene rings is 2. The number of fused-ring (bicyclic) bond motifs is 1. The van der Waals surface area contributed by atoms with Crippen molar-refractivity contribution in [3.05, 3.63) is 35.4 Å². The molecule has 0 radical (unpaired) electrons. The molecule has 3 aromatic rings. The number of rotatable bonds is 9. The van der Waals surface area contributed by atoms with E-state index in [9.17, 15) is 4.79 Å². The van der Waals surface area contributed by atoms with Crippen LogP contribution in [0, 0.1) is 13.8 Å². The standard InChI is InChI=1S/C26H32N4O5/c1-16-12-18(13-17(2)24(16)35-11-7-8-22(31)29-32)25-27-20-14-19(33-3)15-21(34-4)23(20)26(28-25)30-9-5-6-10-30/h12-15,32H,5-11H2,1-4H3,(H,29,31). The molecule has 0 spiro atoms. The number of aryl methyl sites for hydroxylation is 2. The van der Waals surface area contributed by atoms with Crippen LogP contribution < -0.4 is 24.6 Å². The van der Waals surface area contributed by atoms with Crippen LogP contribution >= 0.6 is 0 Å². The zero-order valence-electron chi connectivity index (χ0n) is 20.7. The predicted octanol–water partition coefficient (Wildman–Crippen LogP) is 4.20. The Kier molecular flexibility index (Phi) is 7.55. The number of carbonyl (C=O) groups excluding carboxylic acids is 1. The lowest BCUT2D eigenvalue weighted by Gasteiger charge is -2.21.